The zero-order valence-electron chi connectivity index (χ0n) is 22.4. The lowest BCUT2D eigenvalue weighted by Crippen LogP contribution is -2.49. The third-order valence-corrected chi connectivity index (χ3v) is 6.24. The van der Waals surface area contributed by atoms with Crippen molar-refractivity contribution in [2.24, 2.45) is 5.92 Å². The van der Waals surface area contributed by atoms with E-state index in [0.29, 0.717) is 91.9 Å². The minimum absolute atomic E-state index is 0.202. The van der Waals surface area contributed by atoms with E-state index in [-0.39, 0.29) is 11.8 Å². The van der Waals surface area contributed by atoms with E-state index < -0.39 is 0 Å². The first-order valence-corrected chi connectivity index (χ1v) is 13.3. The summed E-state index contributed by atoms with van der Waals surface area (Å²) in [4.78, 5) is 29.6. The van der Waals surface area contributed by atoms with E-state index in [1.807, 2.05) is 37.8 Å². The van der Waals surface area contributed by atoms with Crippen LogP contribution in [0.25, 0.3) is 0 Å². The predicted molar refractivity (Wildman–Crippen MR) is 148 cm³/mol. The lowest BCUT2D eigenvalue weighted by atomic mass is 10.1. The summed E-state index contributed by atoms with van der Waals surface area (Å²) in [5.41, 5.74) is 1.85. The van der Waals surface area contributed by atoms with Gasteiger partial charge in [-0.05, 0) is 57.0 Å². The van der Waals surface area contributed by atoms with E-state index in [0.717, 1.165) is 5.69 Å². The highest BCUT2D eigenvalue weighted by atomic mass is 35.5. The molecule has 9 heteroatoms. The number of carbonyl (C=O) groups is 2. The number of piperazine rings is 1. The predicted octanol–water partition coefficient (Wildman–Crippen LogP) is 5.48. The first-order valence-electron chi connectivity index (χ1n) is 13.0. The van der Waals surface area contributed by atoms with Gasteiger partial charge in [-0.15, -0.1) is 0 Å². The average Bonchev–Trinajstić information content (AvgIpc) is 2.86. The Hall–Kier alpha value is -3.13. The Morgan fingerprint density at radius 1 is 0.919 bits per heavy atom. The monoisotopic (exact) mass is 531 g/mol. The maximum atomic E-state index is 13.1. The fourth-order valence-electron chi connectivity index (χ4n) is 4.24. The largest absolute Gasteiger partial charge is 0.490 e. The maximum Gasteiger partial charge on any atom is 0.255 e. The SMILES string of the molecule is CCOc1cc(C(=O)Nc2ccc(N3CCN(C(=O)CC(C)C)CC3)c(Cl)c2)cc(OCC)c1OCC. The molecule has 2 aromatic rings. The Morgan fingerprint density at radius 3 is 2.03 bits per heavy atom. The fraction of sp³-hybridized carbons (Fsp3) is 0.500. The quantitative estimate of drug-likeness (QED) is 0.413. The molecule has 1 heterocycles. The highest BCUT2D eigenvalue weighted by Gasteiger charge is 2.23. The zero-order chi connectivity index (χ0) is 26.9. The highest BCUT2D eigenvalue weighted by molar-refractivity contribution is 6.33. The zero-order valence-corrected chi connectivity index (χ0v) is 23.2. The number of rotatable bonds is 11. The summed E-state index contributed by atoms with van der Waals surface area (Å²) in [5, 5.41) is 3.45. The van der Waals surface area contributed by atoms with Crippen LogP contribution in [0.3, 0.4) is 0 Å². The minimum atomic E-state index is -0.314. The molecule has 1 N–H and O–H groups in total. The van der Waals surface area contributed by atoms with Crippen molar-refractivity contribution in [3.05, 3.63) is 40.9 Å². The summed E-state index contributed by atoms with van der Waals surface area (Å²) in [6, 6.07) is 8.78. The molecule has 8 nitrogen and oxygen atoms in total. The Balaban J connectivity index is 1.71. The Bertz CT molecular complexity index is 1060. The van der Waals surface area contributed by atoms with Crippen LogP contribution < -0.4 is 24.4 Å². The lowest BCUT2D eigenvalue weighted by Gasteiger charge is -2.36. The number of carbonyl (C=O) groups excluding carboxylic acids is 2. The first-order chi connectivity index (χ1) is 17.8. The molecule has 1 aliphatic heterocycles. The van der Waals surface area contributed by atoms with Crippen molar-refractivity contribution < 1.29 is 23.8 Å². The molecule has 3 rings (SSSR count). The second-order valence-electron chi connectivity index (χ2n) is 9.19. The summed E-state index contributed by atoms with van der Waals surface area (Å²) < 4.78 is 17.2. The van der Waals surface area contributed by atoms with Crippen molar-refractivity contribution in [1.82, 2.24) is 4.90 Å². The highest BCUT2D eigenvalue weighted by Crippen LogP contribution is 2.39. The summed E-state index contributed by atoms with van der Waals surface area (Å²) in [6.45, 7) is 13.8. The Labute approximate surface area is 224 Å². The molecule has 2 aromatic carbocycles. The lowest BCUT2D eigenvalue weighted by molar-refractivity contribution is -0.132. The molecule has 0 bridgehead atoms. The number of nitrogens with one attached hydrogen (secondary N) is 1. The van der Waals surface area contributed by atoms with E-state index in [1.54, 1.807) is 18.2 Å². The molecule has 1 saturated heterocycles. The van der Waals surface area contributed by atoms with Gasteiger partial charge in [0, 0.05) is 43.9 Å². The molecular formula is C28H38ClN3O5. The molecule has 0 saturated carbocycles. The third-order valence-electron chi connectivity index (χ3n) is 5.93. The van der Waals surface area contributed by atoms with Gasteiger partial charge in [0.25, 0.3) is 5.91 Å². The number of hydrogen-bond donors (Lipinski definition) is 1. The van der Waals surface area contributed by atoms with Crippen LogP contribution >= 0.6 is 11.6 Å². The van der Waals surface area contributed by atoms with E-state index >= 15 is 0 Å². The number of benzene rings is 2. The van der Waals surface area contributed by atoms with Crippen molar-refractivity contribution in [2.75, 3.05) is 56.2 Å². The van der Waals surface area contributed by atoms with Gasteiger partial charge in [-0.1, -0.05) is 25.4 Å². The van der Waals surface area contributed by atoms with Gasteiger partial charge >= 0.3 is 0 Å². The number of ether oxygens (including phenoxy) is 3. The van der Waals surface area contributed by atoms with E-state index in [9.17, 15) is 9.59 Å². The van der Waals surface area contributed by atoms with Crippen LogP contribution in [0.4, 0.5) is 11.4 Å². The van der Waals surface area contributed by atoms with Gasteiger partial charge in [0.2, 0.25) is 11.7 Å². The molecule has 0 spiro atoms. The average molecular weight is 532 g/mol. The standard InChI is InChI=1S/C28H38ClN3O5/c1-6-35-24-16-20(17-25(36-7-2)27(24)37-8-3)28(34)30-21-9-10-23(22(29)18-21)31-11-13-32(14-12-31)26(33)15-19(4)5/h9-10,16-19H,6-8,11-15H2,1-5H3,(H,30,34). The van der Waals surface area contributed by atoms with Crippen molar-refractivity contribution >= 4 is 34.8 Å². The van der Waals surface area contributed by atoms with Crippen molar-refractivity contribution in [3.63, 3.8) is 0 Å². The topological polar surface area (TPSA) is 80.3 Å². The maximum absolute atomic E-state index is 13.1. The van der Waals surface area contributed by atoms with Gasteiger partial charge < -0.3 is 29.3 Å². The second-order valence-corrected chi connectivity index (χ2v) is 9.59. The van der Waals surface area contributed by atoms with Crippen LogP contribution in [0.5, 0.6) is 17.2 Å². The van der Waals surface area contributed by atoms with Crippen LogP contribution in [0.15, 0.2) is 30.3 Å². The van der Waals surface area contributed by atoms with Gasteiger partial charge in [0.15, 0.2) is 11.5 Å². The number of hydrogen-bond acceptors (Lipinski definition) is 6. The smallest absolute Gasteiger partial charge is 0.255 e. The van der Waals surface area contributed by atoms with Gasteiger partial charge in [-0.25, -0.2) is 0 Å². The molecule has 37 heavy (non-hydrogen) atoms. The van der Waals surface area contributed by atoms with E-state index in [4.69, 9.17) is 25.8 Å². The number of amides is 2. The molecule has 0 radical (unpaired) electrons. The molecule has 1 fully saturated rings. The summed E-state index contributed by atoms with van der Waals surface area (Å²) in [5.74, 6) is 1.64. The van der Waals surface area contributed by atoms with Gasteiger partial charge in [0.05, 0.1) is 30.5 Å². The van der Waals surface area contributed by atoms with Crippen LogP contribution in [0, 0.1) is 5.92 Å². The van der Waals surface area contributed by atoms with Gasteiger partial charge in [-0.3, -0.25) is 9.59 Å². The molecule has 0 atom stereocenters. The van der Waals surface area contributed by atoms with Crippen molar-refractivity contribution in [3.8, 4) is 17.2 Å². The number of nitrogens with zero attached hydrogens (tertiary/aromatic N) is 2. The number of anilines is 2. The normalized spacial score (nSPS) is 13.5. The Morgan fingerprint density at radius 2 is 1.51 bits per heavy atom. The number of halogens is 1. The molecule has 202 valence electrons. The molecule has 0 unspecified atom stereocenters. The van der Waals surface area contributed by atoms with Crippen molar-refractivity contribution in [1.29, 1.82) is 0 Å². The molecule has 1 aliphatic rings. The first kappa shape index (κ1) is 28.4. The van der Waals surface area contributed by atoms with Gasteiger partial charge in [-0.2, -0.15) is 0 Å². The fourth-order valence-corrected chi connectivity index (χ4v) is 4.54. The molecule has 0 aromatic heterocycles. The van der Waals surface area contributed by atoms with E-state index in [1.165, 1.54) is 0 Å². The van der Waals surface area contributed by atoms with Crippen LogP contribution in [0.1, 0.15) is 51.4 Å². The van der Waals surface area contributed by atoms with E-state index in [2.05, 4.69) is 24.1 Å². The van der Waals surface area contributed by atoms with Crippen LogP contribution in [0.2, 0.25) is 5.02 Å². The van der Waals surface area contributed by atoms with Crippen LogP contribution in [-0.4, -0.2) is 62.7 Å². The third kappa shape index (κ3) is 7.44. The Kier molecular flexibility index (Phi) is 10.3. The van der Waals surface area contributed by atoms with Crippen LogP contribution in [-0.2, 0) is 4.79 Å². The minimum Gasteiger partial charge on any atom is -0.490 e. The second kappa shape index (κ2) is 13.4. The summed E-state index contributed by atoms with van der Waals surface area (Å²) in [7, 11) is 0. The van der Waals surface area contributed by atoms with Gasteiger partial charge in [0.1, 0.15) is 0 Å². The molecule has 0 aliphatic carbocycles. The summed E-state index contributed by atoms with van der Waals surface area (Å²) >= 11 is 6.62. The molecule has 2 amide bonds. The summed E-state index contributed by atoms with van der Waals surface area (Å²) in [6.07, 6.45) is 0.571. The van der Waals surface area contributed by atoms with Crippen molar-refractivity contribution in [2.45, 2.75) is 41.0 Å². The molecular weight excluding hydrogens is 494 g/mol.